The summed E-state index contributed by atoms with van der Waals surface area (Å²) in [4.78, 5) is 39.7. The molecule has 1 unspecified atom stereocenters. The number of aliphatic hydroxyl groups is 2. The average Bonchev–Trinajstić information content (AvgIpc) is 3.00. The van der Waals surface area contributed by atoms with E-state index in [1.54, 1.807) is 43.3 Å². The van der Waals surface area contributed by atoms with Gasteiger partial charge < -0.3 is 40.4 Å². The van der Waals surface area contributed by atoms with Crippen molar-refractivity contribution in [3.63, 3.8) is 0 Å². The van der Waals surface area contributed by atoms with Gasteiger partial charge in [0.15, 0.2) is 17.9 Å². The van der Waals surface area contributed by atoms with Crippen LogP contribution in [-0.4, -0.2) is 74.8 Å². The van der Waals surface area contributed by atoms with Gasteiger partial charge in [0.05, 0.1) is 29.4 Å². The molecule has 0 radical (unpaired) electrons. The van der Waals surface area contributed by atoms with E-state index >= 15 is 0 Å². The van der Waals surface area contributed by atoms with Crippen molar-refractivity contribution >= 4 is 47.4 Å². The van der Waals surface area contributed by atoms with Gasteiger partial charge in [0.1, 0.15) is 23.7 Å². The van der Waals surface area contributed by atoms with Gasteiger partial charge in [-0.15, -0.1) is 12.4 Å². The highest BCUT2D eigenvalue weighted by Crippen LogP contribution is 2.52. The molecule has 3 aliphatic rings. The number of nitrogens with one attached hydrogen (secondary N) is 1. The number of aliphatic hydroxyl groups excluding tert-OH is 1. The van der Waals surface area contributed by atoms with Crippen LogP contribution < -0.4 is 11.1 Å². The van der Waals surface area contributed by atoms with Crippen LogP contribution in [0.25, 0.3) is 0 Å². The number of aromatic hydroxyl groups is 2. The number of phenols is 2. The third-order valence-electron chi connectivity index (χ3n) is 8.48. The van der Waals surface area contributed by atoms with Gasteiger partial charge in [-0.05, 0) is 31.2 Å². The number of hydrogen-bond donors (Lipinski definition) is 6. The van der Waals surface area contributed by atoms with Gasteiger partial charge >= 0.3 is 6.09 Å². The molecule has 1 aliphatic heterocycles. The smallest absolute Gasteiger partial charge is 0.411 e. The second-order valence-corrected chi connectivity index (χ2v) is 12.1. The van der Waals surface area contributed by atoms with Crippen LogP contribution in [0.1, 0.15) is 68.8 Å². The highest BCUT2D eigenvalue weighted by molar-refractivity contribution is 6.31. The monoisotopic (exact) mass is 674 g/mol. The number of nitrogens with two attached hydrogens (primary N) is 1. The largest absolute Gasteiger partial charge is 0.507 e. The number of ether oxygens (including phenoxy) is 3. The van der Waals surface area contributed by atoms with Crippen molar-refractivity contribution in [1.29, 1.82) is 0 Å². The number of amides is 1. The summed E-state index contributed by atoms with van der Waals surface area (Å²) in [6.45, 7) is 1.04. The lowest BCUT2D eigenvalue weighted by Gasteiger charge is -2.42. The molecule has 1 saturated heterocycles. The lowest BCUT2D eigenvalue weighted by atomic mass is 9.73. The standard InChI is InChI=1S/C32H31ClN2O10.ClH/c1-14-26(36)20(34)10-22(44-14)45-21-12-32(42,13-43-31(41)35-16-8-6-15(33)7-9-16)11-19-23(21)30(40)25-24(29(19)39)27(37)17-4-2-3-5-18(17)28(25)38;/h2-9,14,20-22,26,36,39-40,42H,10-13,34H2,1H3,(H,35,41);1H/t14-,20+,21+,22+,26+,32?;/m1./s1. The maximum absolute atomic E-state index is 13.6. The van der Waals surface area contributed by atoms with Crippen molar-refractivity contribution in [2.45, 2.75) is 62.4 Å². The molecule has 0 bridgehead atoms. The maximum Gasteiger partial charge on any atom is 0.411 e. The molecule has 3 aromatic rings. The number of halogens is 2. The van der Waals surface area contributed by atoms with E-state index in [0.29, 0.717) is 10.7 Å². The number of phenolic OH excluding ortho intramolecular Hbond substituents is 2. The third kappa shape index (κ3) is 6.05. The lowest BCUT2D eigenvalue weighted by Crippen LogP contribution is -2.52. The molecule has 2 aliphatic carbocycles. The van der Waals surface area contributed by atoms with Gasteiger partial charge in [-0.3, -0.25) is 14.9 Å². The second kappa shape index (κ2) is 12.8. The maximum atomic E-state index is 13.6. The van der Waals surface area contributed by atoms with Crippen LogP contribution in [0.4, 0.5) is 10.5 Å². The summed E-state index contributed by atoms with van der Waals surface area (Å²) in [7, 11) is 0. The highest BCUT2D eigenvalue weighted by Gasteiger charge is 2.48. The van der Waals surface area contributed by atoms with Crippen molar-refractivity contribution in [2.24, 2.45) is 5.73 Å². The summed E-state index contributed by atoms with van der Waals surface area (Å²) in [5.41, 5.74) is 3.90. The van der Waals surface area contributed by atoms with Crippen LogP contribution in [0, 0.1) is 0 Å². The van der Waals surface area contributed by atoms with E-state index < -0.39 is 77.6 Å². The number of fused-ring (bicyclic) bond motifs is 3. The van der Waals surface area contributed by atoms with Gasteiger partial charge in [0.25, 0.3) is 0 Å². The van der Waals surface area contributed by atoms with E-state index in [9.17, 15) is 34.8 Å². The fraction of sp³-hybridized carbons (Fsp3) is 0.344. The molecular weight excluding hydrogens is 643 g/mol. The summed E-state index contributed by atoms with van der Waals surface area (Å²) < 4.78 is 17.3. The molecule has 3 aromatic carbocycles. The Morgan fingerprint density at radius 2 is 1.67 bits per heavy atom. The van der Waals surface area contributed by atoms with E-state index in [-0.39, 0.29) is 59.5 Å². The van der Waals surface area contributed by atoms with Gasteiger partial charge in [-0.25, -0.2) is 4.79 Å². The second-order valence-electron chi connectivity index (χ2n) is 11.6. The first-order valence-corrected chi connectivity index (χ1v) is 14.7. The van der Waals surface area contributed by atoms with Crippen molar-refractivity contribution in [3.8, 4) is 11.5 Å². The van der Waals surface area contributed by atoms with Gasteiger partial charge in [0.2, 0.25) is 0 Å². The molecule has 1 amide bonds. The summed E-state index contributed by atoms with van der Waals surface area (Å²) in [6.07, 6.45) is -5.37. The Morgan fingerprint density at radius 1 is 1.07 bits per heavy atom. The molecule has 46 heavy (non-hydrogen) atoms. The van der Waals surface area contributed by atoms with E-state index in [2.05, 4.69) is 5.32 Å². The fourth-order valence-corrected chi connectivity index (χ4v) is 6.35. The zero-order valence-electron chi connectivity index (χ0n) is 24.4. The summed E-state index contributed by atoms with van der Waals surface area (Å²) >= 11 is 5.89. The normalized spacial score (nSPS) is 26.7. The quantitative estimate of drug-likeness (QED) is 0.169. The molecule has 1 fully saturated rings. The number of ketones is 2. The molecule has 0 saturated carbocycles. The molecule has 0 spiro atoms. The molecule has 12 nitrogen and oxygen atoms in total. The number of rotatable bonds is 5. The minimum absolute atomic E-state index is 0. The van der Waals surface area contributed by atoms with Crippen molar-refractivity contribution in [2.75, 3.05) is 11.9 Å². The number of hydrogen-bond acceptors (Lipinski definition) is 11. The summed E-state index contributed by atoms with van der Waals surface area (Å²) in [6, 6.07) is 11.6. The fourth-order valence-electron chi connectivity index (χ4n) is 6.23. The Labute approximate surface area is 274 Å². The summed E-state index contributed by atoms with van der Waals surface area (Å²) in [5.74, 6) is -2.52. The zero-order chi connectivity index (χ0) is 32.2. The van der Waals surface area contributed by atoms with E-state index in [4.69, 9.17) is 31.5 Å². The molecule has 0 aromatic heterocycles. The molecule has 7 N–H and O–H groups in total. The molecule has 14 heteroatoms. The first kappa shape index (κ1) is 33.6. The van der Waals surface area contributed by atoms with Gasteiger partial charge in [-0.1, -0.05) is 35.9 Å². The van der Waals surface area contributed by atoms with Crippen LogP contribution in [0.2, 0.25) is 5.02 Å². The number of carbonyl (C=O) groups is 3. The lowest BCUT2D eigenvalue weighted by molar-refractivity contribution is -0.248. The molecule has 244 valence electrons. The van der Waals surface area contributed by atoms with Gasteiger partial charge in [0, 0.05) is 58.3 Å². The zero-order valence-corrected chi connectivity index (χ0v) is 26.0. The first-order valence-electron chi connectivity index (χ1n) is 14.3. The molecule has 6 atom stereocenters. The number of anilines is 1. The number of carbonyl (C=O) groups excluding carboxylic acids is 3. The Balaban J connectivity index is 0.00000417. The molecule has 6 rings (SSSR count). The highest BCUT2D eigenvalue weighted by atomic mass is 35.5. The first-order chi connectivity index (χ1) is 21.4. The van der Waals surface area contributed by atoms with Crippen LogP contribution >= 0.6 is 24.0 Å². The van der Waals surface area contributed by atoms with Crippen molar-refractivity contribution in [1.82, 2.24) is 0 Å². The van der Waals surface area contributed by atoms with E-state index in [0.717, 1.165) is 0 Å². The third-order valence-corrected chi connectivity index (χ3v) is 8.73. The molecular formula is C32H32Cl2N2O10. The Bertz CT molecular complexity index is 1690. The van der Waals surface area contributed by atoms with Gasteiger partial charge in [-0.2, -0.15) is 0 Å². The van der Waals surface area contributed by atoms with Crippen LogP contribution in [0.15, 0.2) is 48.5 Å². The van der Waals surface area contributed by atoms with E-state index in [1.807, 2.05) is 0 Å². The van der Waals surface area contributed by atoms with Crippen LogP contribution in [0.5, 0.6) is 11.5 Å². The number of benzene rings is 3. The Hall–Kier alpha value is -3.75. The minimum atomic E-state index is -1.87. The van der Waals surface area contributed by atoms with Crippen molar-refractivity contribution < 1.29 is 49.0 Å². The topological polar surface area (TPSA) is 198 Å². The van der Waals surface area contributed by atoms with Crippen molar-refractivity contribution in [3.05, 3.63) is 86.9 Å². The predicted octanol–water partition coefficient (Wildman–Crippen LogP) is 3.76. The average molecular weight is 676 g/mol. The minimum Gasteiger partial charge on any atom is -0.507 e. The Kier molecular flexibility index (Phi) is 9.35. The molecule has 1 heterocycles. The van der Waals surface area contributed by atoms with E-state index in [1.165, 1.54) is 12.1 Å². The predicted molar refractivity (Wildman–Crippen MR) is 167 cm³/mol. The Morgan fingerprint density at radius 3 is 2.28 bits per heavy atom. The van der Waals surface area contributed by atoms with Crippen LogP contribution in [0.3, 0.4) is 0 Å². The SMILES string of the molecule is C[C@H]1O[C@@H](O[C@H]2CC(O)(COC(=O)Nc3ccc(Cl)cc3)Cc3c(O)c4c(c(O)c32)C(=O)c2ccccc2C4=O)C[C@H](N)[C@H]1O.Cl. The van der Waals surface area contributed by atoms with Crippen LogP contribution in [-0.2, 0) is 20.6 Å². The summed E-state index contributed by atoms with van der Waals surface area (Å²) in [5, 5.41) is 48.1.